The lowest BCUT2D eigenvalue weighted by molar-refractivity contribution is -0.137. The van der Waals surface area contributed by atoms with Crippen molar-refractivity contribution >= 4 is 0 Å². The van der Waals surface area contributed by atoms with E-state index in [2.05, 4.69) is 0 Å². The highest BCUT2D eigenvalue weighted by Crippen LogP contribution is 2.39. The predicted octanol–water partition coefficient (Wildman–Crippen LogP) is 4.32. The van der Waals surface area contributed by atoms with Crippen LogP contribution in [0.4, 0.5) is 13.2 Å². The Morgan fingerprint density at radius 2 is 1.88 bits per heavy atom. The van der Waals surface area contributed by atoms with E-state index in [0.717, 1.165) is 30.4 Å². The average Bonchev–Trinajstić information content (AvgIpc) is 2.15. The SMILES string of the molecule is CC1(C)CCCc2ccc(C(F)(F)F)cc21. The van der Waals surface area contributed by atoms with Gasteiger partial charge in [-0.05, 0) is 47.9 Å². The second-order valence-corrected chi connectivity index (χ2v) is 5.11. The standard InChI is InChI=1S/C13H15F3/c1-12(2)7-3-4-9-5-6-10(8-11(9)12)13(14,15)16/h5-6,8H,3-4,7H2,1-2H3. The topological polar surface area (TPSA) is 0 Å². The van der Waals surface area contributed by atoms with Gasteiger partial charge in [-0.2, -0.15) is 13.2 Å². The van der Waals surface area contributed by atoms with Crippen LogP contribution in [0.1, 0.15) is 43.4 Å². The van der Waals surface area contributed by atoms with Gasteiger partial charge in [0.05, 0.1) is 5.56 Å². The first-order chi connectivity index (χ1) is 7.31. The van der Waals surface area contributed by atoms with E-state index >= 15 is 0 Å². The number of fused-ring (bicyclic) bond motifs is 1. The Bertz CT molecular complexity index is 402. The second kappa shape index (κ2) is 3.51. The van der Waals surface area contributed by atoms with Gasteiger partial charge in [0.2, 0.25) is 0 Å². The summed E-state index contributed by atoms with van der Waals surface area (Å²) in [5, 5.41) is 0. The molecule has 0 saturated heterocycles. The van der Waals surface area contributed by atoms with Crippen LogP contribution in [-0.4, -0.2) is 0 Å². The molecular formula is C13H15F3. The highest BCUT2D eigenvalue weighted by Gasteiger charge is 2.34. The molecule has 1 aromatic rings. The van der Waals surface area contributed by atoms with Gasteiger partial charge >= 0.3 is 6.18 Å². The van der Waals surface area contributed by atoms with E-state index in [9.17, 15) is 13.2 Å². The molecule has 0 aliphatic heterocycles. The van der Waals surface area contributed by atoms with Crippen LogP contribution in [0.25, 0.3) is 0 Å². The minimum Gasteiger partial charge on any atom is -0.166 e. The minimum absolute atomic E-state index is 0.130. The van der Waals surface area contributed by atoms with Gasteiger partial charge in [-0.3, -0.25) is 0 Å². The lowest BCUT2D eigenvalue weighted by Crippen LogP contribution is -2.24. The molecule has 0 fully saturated rings. The molecule has 1 aliphatic carbocycles. The summed E-state index contributed by atoms with van der Waals surface area (Å²) in [5.74, 6) is 0. The molecule has 0 spiro atoms. The van der Waals surface area contributed by atoms with E-state index in [1.54, 1.807) is 6.07 Å². The number of halogens is 3. The van der Waals surface area contributed by atoms with Crippen LogP contribution in [0.2, 0.25) is 0 Å². The Morgan fingerprint density at radius 3 is 2.50 bits per heavy atom. The molecule has 0 nitrogen and oxygen atoms in total. The Kier molecular flexibility index (Phi) is 2.52. The lowest BCUT2D eigenvalue weighted by Gasteiger charge is -2.33. The van der Waals surface area contributed by atoms with E-state index in [4.69, 9.17) is 0 Å². The maximum absolute atomic E-state index is 12.6. The Morgan fingerprint density at radius 1 is 1.19 bits per heavy atom. The normalized spacial score (nSPS) is 19.3. The summed E-state index contributed by atoms with van der Waals surface area (Å²) in [6.07, 6.45) is -1.31. The number of aryl methyl sites for hydroxylation is 1. The molecule has 0 bridgehead atoms. The molecule has 2 rings (SSSR count). The van der Waals surface area contributed by atoms with Gasteiger partial charge in [0.25, 0.3) is 0 Å². The van der Waals surface area contributed by atoms with Crippen molar-refractivity contribution in [2.45, 2.75) is 44.7 Å². The van der Waals surface area contributed by atoms with Crippen molar-refractivity contribution in [1.82, 2.24) is 0 Å². The molecule has 0 atom stereocenters. The number of hydrogen-bond donors (Lipinski definition) is 0. The quantitative estimate of drug-likeness (QED) is 0.620. The van der Waals surface area contributed by atoms with E-state index in [1.165, 1.54) is 12.1 Å². The summed E-state index contributed by atoms with van der Waals surface area (Å²) >= 11 is 0. The maximum atomic E-state index is 12.6. The first kappa shape index (κ1) is 11.5. The summed E-state index contributed by atoms with van der Waals surface area (Å²) in [7, 11) is 0. The lowest BCUT2D eigenvalue weighted by atomic mass is 9.72. The molecule has 1 aromatic carbocycles. The third-order valence-electron chi connectivity index (χ3n) is 3.41. The van der Waals surface area contributed by atoms with E-state index in [1.807, 2.05) is 13.8 Å². The molecule has 1 aliphatic rings. The molecule has 0 saturated carbocycles. The van der Waals surface area contributed by atoms with Gasteiger partial charge in [-0.1, -0.05) is 19.9 Å². The summed E-state index contributed by atoms with van der Waals surface area (Å²) < 4.78 is 37.8. The number of hydrogen-bond acceptors (Lipinski definition) is 0. The van der Waals surface area contributed by atoms with Crippen molar-refractivity contribution in [3.05, 3.63) is 34.9 Å². The minimum atomic E-state index is -4.23. The van der Waals surface area contributed by atoms with Crippen molar-refractivity contribution in [3.8, 4) is 0 Å². The molecule has 0 aromatic heterocycles. The smallest absolute Gasteiger partial charge is 0.166 e. The van der Waals surface area contributed by atoms with Crippen molar-refractivity contribution in [3.63, 3.8) is 0 Å². The zero-order valence-electron chi connectivity index (χ0n) is 9.49. The Hall–Kier alpha value is -0.990. The van der Waals surface area contributed by atoms with Crippen molar-refractivity contribution in [1.29, 1.82) is 0 Å². The monoisotopic (exact) mass is 228 g/mol. The van der Waals surface area contributed by atoms with E-state index < -0.39 is 11.7 Å². The highest BCUT2D eigenvalue weighted by molar-refractivity contribution is 5.39. The van der Waals surface area contributed by atoms with Crippen LogP contribution in [0, 0.1) is 0 Å². The summed E-state index contributed by atoms with van der Waals surface area (Å²) in [6.45, 7) is 4.04. The van der Waals surface area contributed by atoms with Gasteiger partial charge in [0, 0.05) is 0 Å². The molecule has 16 heavy (non-hydrogen) atoms. The van der Waals surface area contributed by atoms with Gasteiger partial charge in [-0.15, -0.1) is 0 Å². The molecular weight excluding hydrogens is 213 g/mol. The van der Waals surface area contributed by atoms with Gasteiger partial charge in [-0.25, -0.2) is 0 Å². The van der Waals surface area contributed by atoms with Crippen LogP contribution < -0.4 is 0 Å². The summed E-state index contributed by atoms with van der Waals surface area (Å²) in [6, 6.07) is 4.16. The fourth-order valence-corrected chi connectivity index (χ4v) is 2.46. The van der Waals surface area contributed by atoms with Crippen molar-refractivity contribution in [2.75, 3.05) is 0 Å². The van der Waals surface area contributed by atoms with Gasteiger partial charge in [0.15, 0.2) is 0 Å². The number of alkyl halides is 3. The van der Waals surface area contributed by atoms with Crippen LogP contribution in [0.5, 0.6) is 0 Å². The van der Waals surface area contributed by atoms with Crippen LogP contribution >= 0.6 is 0 Å². The van der Waals surface area contributed by atoms with Crippen molar-refractivity contribution in [2.24, 2.45) is 0 Å². The Labute approximate surface area is 93.5 Å². The fraction of sp³-hybridized carbons (Fsp3) is 0.538. The van der Waals surface area contributed by atoms with E-state index in [-0.39, 0.29) is 5.41 Å². The third-order valence-corrected chi connectivity index (χ3v) is 3.41. The van der Waals surface area contributed by atoms with Gasteiger partial charge in [0.1, 0.15) is 0 Å². The van der Waals surface area contributed by atoms with Crippen molar-refractivity contribution < 1.29 is 13.2 Å². The first-order valence-electron chi connectivity index (χ1n) is 5.51. The summed E-state index contributed by atoms with van der Waals surface area (Å²) in [4.78, 5) is 0. The van der Waals surface area contributed by atoms with E-state index in [0.29, 0.717) is 0 Å². The molecule has 0 heterocycles. The van der Waals surface area contributed by atoms with Gasteiger partial charge < -0.3 is 0 Å². The third kappa shape index (κ3) is 1.95. The average molecular weight is 228 g/mol. The van der Waals surface area contributed by atoms with Crippen LogP contribution in [0.15, 0.2) is 18.2 Å². The molecule has 3 heteroatoms. The molecule has 0 unspecified atom stereocenters. The fourth-order valence-electron chi connectivity index (χ4n) is 2.46. The van der Waals surface area contributed by atoms with Crippen LogP contribution in [0.3, 0.4) is 0 Å². The zero-order chi connectivity index (χ0) is 12.0. The maximum Gasteiger partial charge on any atom is 0.416 e. The second-order valence-electron chi connectivity index (χ2n) is 5.11. The van der Waals surface area contributed by atoms with Crippen LogP contribution in [-0.2, 0) is 18.0 Å². The first-order valence-corrected chi connectivity index (χ1v) is 5.51. The molecule has 88 valence electrons. The molecule has 0 radical (unpaired) electrons. The zero-order valence-corrected chi connectivity index (χ0v) is 9.49. The largest absolute Gasteiger partial charge is 0.416 e. The Balaban J connectivity index is 2.52. The number of benzene rings is 1. The molecule has 0 amide bonds. The molecule has 0 N–H and O–H groups in total. The highest BCUT2D eigenvalue weighted by atomic mass is 19.4. The number of rotatable bonds is 0. The predicted molar refractivity (Wildman–Crippen MR) is 57.4 cm³/mol. The summed E-state index contributed by atoms with van der Waals surface area (Å²) in [5.41, 5.74) is 1.29.